The van der Waals surface area contributed by atoms with E-state index in [2.05, 4.69) is 14.7 Å². The zero-order valence-corrected chi connectivity index (χ0v) is 15.1. The van der Waals surface area contributed by atoms with Crippen molar-refractivity contribution in [2.24, 2.45) is 0 Å². The first kappa shape index (κ1) is 17.2. The molecule has 0 aliphatic carbocycles. The normalized spacial score (nSPS) is 11.1. The molecule has 2 aromatic heterocycles. The van der Waals surface area contributed by atoms with E-state index in [1.165, 1.54) is 37.7 Å². The predicted molar refractivity (Wildman–Crippen MR) is 95.7 cm³/mol. The van der Waals surface area contributed by atoms with Crippen molar-refractivity contribution < 1.29 is 17.9 Å². The second-order valence-electron chi connectivity index (χ2n) is 4.90. The molecule has 0 fully saturated rings. The standard InChI is InChI=1S/C16H15N3O4S2/c1-22-11-5-6-14(23-2)15(8-11)25(20,21)19-12-4-3-7-17-16(12)13-9-24-10-18-13/h3-10,19H,1-2H3. The molecule has 1 aromatic carbocycles. The Balaban J connectivity index is 2.04. The number of thiazole rings is 1. The summed E-state index contributed by atoms with van der Waals surface area (Å²) in [4.78, 5) is 8.40. The van der Waals surface area contributed by atoms with Crippen molar-refractivity contribution in [2.75, 3.05) is 18.9 Å². The molecule has 1 N–H and O–H groups in total. The molecule has 0 aliphatic rings. The maximum Gasteiger partial charge on any atom is 0.265 e. The number of sulfonamides is 1. The minimum absolute atomic E-state index is 0.0255. The van der Waals surface area contributed by atoms with E-state index in [1.807, 2.05) is 0 Å². The molecule has 0 atom stereocenters. The molecule has 0 amide bonds. The summed E-state index contributed by atoms with van der Waals surface area (Å²) in [5, 5.41) is 1.80. The summed E-state index contributed by atoms with van der Waals surface area (Å²) in [5.74, 6) is 0.625. The van der Waals surface area contributed by atoms with Crippen LogP contribution in [0.15, 0.2) is 52.3 Å². The van der Waals surface area contributed by atoms with Crippen molar-refractivity contribution in [1.82, 2.24) is 9.97 Å². The molecular weight excluding hydrogens is 362 g/mol. The first-order valence-electron chi connectivity index (χ1n) is 7.13. The topological polar surface area (TPSA) is 90.4 Å². The Morgan fingerprint density at radius 3 is 2.64 bits per heavy atom. The monoisotopic (exact) mass is 377 g/mol. The van der Waals surface area contributed by atoms with Gasteiger partial charge in [-0.1, -0.05) is 0 Å². The molecule has 3 rings (SSSR count). The lowest BCUT2D eigenvalue weighted by Crippen LogP contribution is -2.15. The van der Waals surface area contributed by atoms with Crippen molar-refractivity contribution in [2.45, 2.75) is 4.90 Å². The zero-order valence-electron chi connectivity index (χ0n) is 13.5. The van der Waals surface area contributed by atoms with Crippen LogP contribution in [0, 0.1) is 0 Å². The van der Waals surface area contributed by atoms with Crippen LogP contribution in [-0.4, -0.2) is 32.6 Å². The fraction of sp³-hybridized carbons (Fsp3) is 0.125. The Kier molecular flexibility index (Phi) is 4.86. The Labute approximate surface area is 149 Å². The molecule has 2 heterocycles. The summed E-state index contributed by atoms with van der Waals surface area (Å²) < 4.78 is 38.6. The third kappa shape index (κ3) is 3.57. The lowest BCUT2D eigenvalue weighted by Gasteiger charge is -2.14. The fourth-order valence-electron chi connectivity index (χ4n) is 2.21. The second-order valence-corrected chi connectivity index (χ2v) is 7.27. The molecule has 0 bridgehead atoms. The molecule has 0 spiro atoms. The zero-order chi connectivity index (χ0) is 17.9. The van der Waals surface area contributed by atoms with Gasteiger partial charge in [-0.2, -0.15) is 0 Å². The highest BCUT2D eigenvalue weighted by molar-refractivity contribution is 7.92. The van der Waals surface area contributed by atoms with Gasteiger partial charge < -0.3 is 9.47 Å². The lowest BCUT2D eigenvalue weighted by molar-refractivity contribution is 0.392. The van der Waals surface area contributed by atoms with Crippen LogP contribution in [0.1, 0.15) is 0 Å². The number of benzene rings is 1. The van der Waals surface area contributed by atoms with Gasteiger partial charge in [0, 0.05) is 17.6 Å². The van der Waals surface area contributed by atoms with Crippen LogP contribution < -0.4 is 14.2 Å². The van der Waals surface area contributed by atoms with Gasteiger partial charge in [0.15, 0.2) is 0 Å². The molecule has 0 radical (unpaired) electrons. The van der Waals surface area contributed by atoms with Gasteiger partial charge in [-0.05, 0) is 24.3 Å². The van der Waals surface area contributed by atoms with Crippen LogP contribution in [-0.2, 0) is 10.0 Å². The largest absolute Gasteiger partial charge is 0.497 e. The van der Waals surface area contributed by atoms with Crippen molar-refractivity contribution in [3.8, 4) is 22.9 Å². The molecule has 130 valence electrons. The minimum Gasteiger partial charge on any atom is -0.497 e. The molecule has 0 unspecified atom stereocenters. The molecule has 0 saturated carbocycles. The van der Waals surface area contributed by atoms with E-state index in [9.17, 15) is 8.42 Å². The molecule has 0 aliphatic heterocycles. The van der Waals surface area contributed by atoms with E-state index >= 15 is 0 Å². The Bertz CT molecular complexity index is 973. The Morgan fingerprint density at radius 1 is 1.12 bits per heavy atom. The maximum atomic E-state index is 12.9. The van der Waals surface area contributed by atoms with Crippen LogP contribution in [0.3, 0.4) is 0 Å². The van der Waals surface area contributed by atoms with Crippen LogP contribution in [0.2, 0.25) is 0 Å². The van der Waals surface area contributed by atoms with Crippen molar-refractivity contribution >= 4 is 27.0 Å². The van der Waals surface area contributed by atoms with Crippen LogP contribution in [0.4, 0.5) is 5.69 Å². The highest BCUT2D eigenvalue weighted by Gasteiger charge is 2.22. The smallest absolute Gasteiger partial charge is 0.265 e. The number of nitrogens with zero attached hydrogens (tertiary/aromatic N) is 2. The van der Waals surface area contributed by atoms with E-state index in [4.69, 9.17) is 9.47 Å². The number of rotatable bonds is 6. The summed E-state index contributed by atoms with van der Waals surface area (Å²) in [6.07, 6.45) is 1.58. The van der Waals surface area contributed by atoms with E-state index < -0.39 is 10.0 Å². The van der Waals surface area contributed by atoms with Gasteiger partial charge in [-0.25, -0.2) is 13.4 Å². The molecule has 25 heavy (non-hydrogen) atoms. The van der Waals surface area contributed by atoms with Gasteiger partial charge in [-0.15, -0.1) is 11.3 Å². The molecule has 7 nitrogen and oxygen atoms in total. The molecule has 0 saturated heterocycles. The first-order valence-corrected chi connectivity index (χ1v) is 9.56. The van der Waals surface area contributed by atoms with Crippen LogP contribution in [0.5, 0.6) is 11.5 Å². The maximum absolute atomic E-state index is 12.9. The number of nitrogens with one attached hydrogen (secondary N) is 1. The summed E-state index contributed by atoms with van der Waals surface area (Å²) >= 11 is 1.40. The highest BCUT2D eigenvalue weighted by atomic mass is 32.2. The average molecular weight is 377 g/mol. The third-order valence-electron chi connectivity index (χ3n) is 3.39. The summed E-state index contributed by atoms with van der Waals surface area (Å²) in [6, 6.07) is 7.85. The van der Waals surface area contributed by atoms with Crippen molar-refractivity contribution in [3.63, 3.8) is 0 Å². The van der Waals surface area contributed by atoms with Crippen LogP contribution >= 0.6 is 11.3 Å². The van der Waals surface area contributed by atoms with E-state index in [0.29, 0.717) is 22.8 Å². The Morgan fingerprint density at radius 2 is 1.96 bits per heavy atom. The Hall–Kier alpha value is -2.65. The number of ether oxygens (including phenoxy) is 2. The predicted octanol–water partition coefficient (Wildman–Crippen LogP) is 3.02. The number of hydrogen-bond acceptors (Lipinski definition) is 7. The van der Waals surface area contributed by atoms with Gasteiger partial charge in [0.25, 0.3) is 10.0 Å². The number of methoxy groups -OCH3 is 2. The summed E-state index contributed by atoms with van der Waals surface area (Å²) in [7, 11) is -1.05. The fourth-order valence-corrected chi connectivity index (χ4v) is 4.00. The van der Waals surface area contributed by atoms with Crippen LogP contribution in [0.25, 0.3) is 11.4 Å². The highest BCUT2D eigenvalue weighted by Crippen LogP contribution is 2.32. The van der Waals surface area contributed by atoms with Gasteiger partial charge in [0.1, 0.15) is 27.8 Å². The average Bonchev–Trinajstić information content (AvgIpc) is 3.15. The number of pyridine rings is 1. The number of aromatic nitrogens is 2. The van der Waals surface area contributed by atoms with Gasteiger partial charge in [0.2, 0.25) is 0 Å². The molecule has 9 heteroatoms. The van der Waals surface area contributed by atoms with E-state index in [1.54, 1.807) is 35.3 Å². The van der Waals surface area contributed by atoms with Crippen molar-refractivity contribution in [1.29, 1.82) is 0 Å². The summed E-state index contributed by atoms with van der Waals surface area (Å²) in [6.45, 7) is 0. The number of hydrogen-bond donors (Lipinski definition) is 1. The van der Waals surface area contributed by atoms with Gasteiger partial charge >= 0.3 is 0 Å². The summed E-state index contributed by atoms with van der Waals surface area (Å²) in [5.41, 5.74) is 3.04. The molecule has 3 aromatic rings. The van der Waals surface area contributed by atoms with E-state index in [0.717, 1.165) is 0 Å². The lowest BCUT2D eigenvalue weighted by atomic mass is 10.2. The van der Waals surface area contributed by atoms with Gasteiger partial charge in [-0.3, -0.25) is 9.71 Å². The van der Waals surface area contributed by atoms with E-state index in [-0.39, 0.29) is 10.6 Å². The SMILES string of the molecule is COc1ccc(OC)c(S(=O)(=O)Nc2cccnc2-c2cscn2)c1. The van der Waals surface area contributed by atoms with Gasteiger partial charge in [0.05, 0.1) is 25.4 Å². The third-order valence-corrected chi connectivity index (χ3v) is 5.36. The molecular formula is C16H15N3O4S2. The minimum atomic E-state index is -3.92. The number of anilines is 1. The second kappa shape index (κ2) is 7.08. The first-order chi connectivity index (χ1) is 12.0. The quantitative estimate of drug-likeness (QED) is 0.710. The van der Waals surface area contributed by atoms with Crippen molar-refractivity contribution in [3.05, 3.63) is 47.4 Å².